The molecule has 1 aromatic heterocycles. The summed E-state index contributed by atoms with van der Waals surface area (Å²) in [6.45, 7) is 2.00. The molecule has 0 saturated heterocycles. The average Bonchev–Trinajstić information content (AvgIpc) is 2.52. The number of aryl methyl sites for hydroxylation is 1. The molecule has 0 spiro atoms. The first kappa shape index (κ1) is 7.86. The van der Waals surface area contributed by atoms with Crippen molar-refractivity contribution in [1.29, 1.82) is 0 Å². The summed E-state index contributed by atoms with van der Waals surface area (Å²) >= 11 is 0. The van der Waals surface area contributed by atoms with Crippen LogP contribution in [0.3, 0.4) is 0 Å². The molecule has 0 atom stereocenters. The predicted octanol–water partition coefficient (Wildman–Crippen LogP) is 1.94. The average molecular weight is 175 g/mol. The molecule has 0 unspecified atom stereocenters. The lowest BCUT2D eigenvalue weighted by Crippen LogP contribution is -1.85. The number of rotatable bonds is 1. The van der Waals surface area contributed by atoms with Crippen molar-refractivity contribution in [3.05, 3.63) is 46.3 Å². The lowest BCUT2D eigenvalue weighted by Gasteiger charge is -1.96. The van der Waals surface area contributed by atoms with E-state index in [1.807, 2.05) is 31.2 Å². The first-order chi connectivity index (χ1) is 6.25. The van der Waals surface area contributed by atoms with Gasteiger partial charge in [-0.25, -0.2) is 9.95 Å². The van der Waals surface area contributed by atoms with Gasteiger partial charge in [0.1, 0.15) is 0 Å². The molecule has 13 heavy (non-hydrogen) atoms. The lowest BCUT2D eigenvalue weighted by atomic mass is 10.1. The maximum absolute atomic E-state index is 10.8. The van der Waals surface area contributed by atoms with Crippen molar-refractivity contribution >= 4 is 0 Å². The quantitative estimate of drug-likeness (QED) is 0.719. The second-order valence-electron chi connectivity index (χ2n) is 2.95. The molecule has 0 aliphatic carbocycles. The molecule has 1 heterocycles. The molecule has 3 heteroatoms. The Bertz CT molecular complexity index is 468. The molecule has 0 aliphatic heterocycles. The van der Waals surface area contributed by atoms with Gasteiger partial charge in [-0.1, -0.05) is 23.8 Å². The van der Waals surface area contributed by atoms with Crippen LogP contribution >= 0.6 is 0 Å². The smallest absolute Gasteiger partial charge is 0.339 e. The number of aromatic amines is 1. The topological polar surface area (TPSA) is 46.0 Å². The second kappa shape index (κ2) is 2.94. The van der Waals surface area contributed by atoms with Crippen molar-refractivity contribution in [1.82, 2.24) is 5.16 Å². The Morgan fingerprint density at radius 1 is 1.31 bits per heavy atom. The zero-order valence-corrected chi connectivity index (χ0v) is 7.20. The van der Waals surface area contributed by atoms with E-state index in [1.54, 1.807) is 0 Å². The number of aromatic nitrogens is 1. The van der Waals surface area contributed by atoms with E-state index in [-0.39, 0.29) is 5.63 Å². The van der Waals surface area contributed by atoms with E-state index in [0.29, 0.717) is 5.69 Å². The zero-order chi connectivity index (χ0) is 9.26. The van der Waals surface area contributed by atoms with Crippen molar-refractivity contribution in [3.63, 3.8) is 0 Å². The van der Waals surface area contributed by atoms with Gasteiger partial charge in [0.2, 0.25) is 0 Å². The minimum Gasteiger partial charge on any atom is -0.339 e. The van der Waals surface area contributed by atoms with Crippen molar-refractivity contribution in [3.8, 4) is 11.3 Å². The van der Waals surface area contributed by atoms with E-state index >= 15 is 0 Å². The van der Waals surface area contributed by atoms with Crippen molar-refractivity contribution in [2.45, 2.75) is 6.92 Å². The first-order valence-electron chi connectivity index (χ1n) is 4.01. The highest BCUT2D eigenvalue weighted by atomic mass is 16.5. The highest BCUT2D eigenvalue weighted by molar-refractivity contribution is 5.58. The number of H-pyrrole nitrogens is 1. The molecule has 0 saturated carbocycles. The van der Waals surface area contributed by atoms with Crippen LogP contribution in [0, 0.1) is 6.92 Å². The van der Waals surface area contributed by atoms with Crippen LogP contribution in [-0.2, 0) is 0 Å². The number of hydrogen-bond acceptors (Lipinski definition) is 2. The van der Waals surface area contributed by atoms with E-state index in [9.17, 15) is 4.79 Å². The molecule has 3 nitrogen and oxygen atoms in total. The van der Waals surface area contributed by atoms with Crippen LogP contribution in [0.5, 0.6) is 0 Å². The van der Waals surface area contributed by atoms with Crippen molar-refractivity contribution in [2.24, 2.45) is 0 Å². The molecule has 0 amide bonds. The molecule has 0 bridgehead atoms. The zero-order valence-electron chi connectivity index (χ0n) is 7.20. The Kier molecular flexibility index (Phi) is 1.77. The van der Waals surface area contributed by atoms with Gasteiger partial charge in [-0.15, -0.1) is 0 Å². The van der Waals surface area contributed by atoms with Crippen LogP contribution in [0.25, 0.3) is 11.3 Å². The summed E-state index contributed by atoms with van der Waals surface area (Å²) in [7, 11) is 0. The van der Waals surface area contributed by atoms with Crippen LogP contribution in [0.15, 0.2) is 39.6 Å². The number of hydrogen-bond donors (Lipinski definition) is 1. The molecular formula is C10H9NO2. The van der Waals surface area contributed by atoms with Gasteiger partial charge in [-0.3, -0.25) is 0 Å². The normalized spacial score (nSPS) is 10.2. The Morgan fingerprint density at radius 2 is 2.15 bits per heavy atom. The summed E-state index contributed by atoms with van der Waals surface area (Å²) < 4.78 is 4.58. The highest BCUT2D eigenvalue weighted by Crippen LogP contribution is 2.15. The first-order valence-corrected chi connectivity index (χ1v) is 4.01. The Labute approximate surface area is 75.0 Å². The SMILES string of the molecule is Cc1cccc(-c2cc(=O)o[nH]2)c1. The molecular weight excluding hydrogens is 166 g/mol. The number of nitrogens with one attached hydrogen (secondary N) is 1. The minimum atomic E-state index is -0.350. The summed E-state index contributed by atoms with van der Waals surface area (Å²) in [6.07, 6.45) is 0. The van der Waals surface area contributed by atoms with Gasteiger partial charge in [0.05, 0.1) is 11.8 Å². The van der Waals surface area contributed by atoms with Crippen LogP contribution < -0.4 is 5.63 Å². The molecule has 2 rings (SSSR count). The largest absolute Gasteiger partial charge is 0.357 e. The monoisotopic (exact) mass is 175 g/mol. The highest BCUT2D eigenvalue weighted by Gasteiger charge is 2.00. The maximum atomic E-state index is 10.8. The minimum absolute atomic E-state index is 0.350. The third-order valence-corrected chi connectivity index (χ3v) is 1.85. The van der Waals surface area contributed by atoms with E-state index < -0.39 is 0 Å². The fraction of sp³-hybridized carbons (Fsp3) is 0.100. The second-order valence-corrected chi connectivity index (χ2v) is 2.95. The van der Waals surface area contributed by atoms with Gasteiger partial charge < -0.3 is 4.52 Å². The molecule has 1 aromatic carbocycles. The van der Waals surface area contributed by atoms with E-state index in [4.69, 9.17) is 0 Å². The van der Waals surface area contributed by atoms with Gasteiger partial charge in [-0.2, -0.15) is 0 Å². The van der Waals surface area contributed by atoms with Crippen molar-refractivity contribution in [2.75, 3.05) is 0 Å². The standard InChI is InChI=1S/C10H9NO2/c1-7-3-2-4-8(5-7)9-6-10(12)13-11-9/h2-6,11H,1H3. The van der Waals surface area contributed by atoms with Crippen LogP contribution in [0.4, 0.5) is 0 Å². The van der Waals surface area contributed by atoms with Gasteiger partial charge in [0, 0.05) is 5.56 Å². The number of benzene rings is 1. The molecule has 1 N–H and O–H groups in total. The molecule has 0 fully saturated rings. The lowest BCUT2D eigenvalue weighted by molar-refractivity contribution is 0.394. The third-order valence-electron chi connectivity index (χ3n) is 1.85. The van der Waals surface area contributed by atoms with Crippen LogP contribution in [0.1, 0.15) is 5.56 Å². The summed E-state index contributed by atoms with van der Waals surface area (Å²) in [5, 5.41) is 2.56. The molecule has 2 aromatic rings. The molecule has 66 valence electrons. The van der Waals surface area contributed by atoms with Crippen LogP contribution in [-0.4, -0.2) is 5.16 Å². The Morgan fingerprint density at radius 3 is 2.77 bits per heavy atom. The van der Waals surface area contributed by atoms with E-state index in [0.717, 1.165) is 11.1 Å². The summed E-state index contributed by atoms with van der Waals surface area (Å²) in [6, 6.07) is 9.29. The fourth-order valence-electron chi connectivity index (χ4n) is 1.24. The molecule has 0 radical (unpaired) electrons. The van der Waals surface area contributed by atoms with E-state index in [2.05, 4.69) is 9.68 Å². The summed E-state index contributed by atoms with van der Waals surface area (Å²) in [5.74, 6) is 0. The third kappa shape index (κ3) is 1.54. The van der Waals surface area contributed by atoms with Gasteiger partial charge >= 0.3 is 5.63 Å². The van der Waals surface area contributed by atoms with E-state index in [1.165, 1.54) is 6.07 Å². The van der Waals surface area contributed by atoms with Crippen molar-refractivity contribution < 1.29 is 4.52 Å². The van der Waals surface area contributed by atoms with Crippen LogP contribution in [0.2, 0.25) is 0 Å². The Hall–Kier alpha value is -1.77. The van der Waals surface area contributed by atoms with Gasteiger partial charge in [0.15, 0.2) is 0 Å². The Balaban J connectivity index is 2.52. The maximum Gasteiger partial charge on any atom is 0.357 e. The predicted molar refractivity (Wildman–Crippen MR) is 49.5 cm³/mol. The fourth-order valence-corrected chi connectivity index (χ4v) is 1.24. The van der Waals surface area contributed by atoms with Gasteiger partial charge in [0.25, 0.3) is 0 Å². The van der Waals surface area contributed by atoms with Gasteiger partial charge in [-0.05, 0) is 13.0 Å². The molecule has 0 aliphatic rings. The summed E-state index contributed by atoms with van der Waals surface area (Å²) in [5.41, 5.74) is 2.48. The summed E-state index contributed by atoms with van der Waals surface area (Å²) in [4.78, 5) is 10.8.